The molecular weight excluding hydrogens is 506 g/mol. The molecule has 40 heavy (non-hydrogen) atoms. The summed E-state index contributed by atoms with van der Waals surface area (Å²) in [4.78, 5) is 26.7. The molecule has 1 aliphatic rings. The first-order chi connectivity index (χ1) is 19.5. The van der Waals surface area contributed by atoms with Crippen LogP contribution >= 0.6 is 0 Å². The number of aromatic nitrogens is 4. The van der Waals surface area contributed by atoms with E-state index in [1.54, 1.807) is 4.90 Å². The Bertz CT molecular complexity index is 1460. The number of H-pyrrole nitrogens is 1. The molecule has 3 aromatic carbocycles. The summed E-state index contributed by atoms with van der Waals surface area (Å²) in [6.07, 6.45) is 5.12. The van der Waals surface area contributed by atoms with Crippen molar-refractivity contribution in [3.05, 3.63) is 66.2 Å². The number of nitrogens with one attached hydrogen (secondary N) is 1. The number of nitrogens with zero attached hydrogens (tertiary/aromatic N) is 4. The lowest BCUT2D eigenvalue weighted by molar-refractivity contribution is -0.136. The van der Waals surface area contributed by atoms with Crippen molar-refractivity contribution in [3.63, 3.8) is 0 Å². The first-order valence-electron chi connectivity index (χ1n) is 14.0. The zero-order valence-electron chi connectivity index (χ0n) is 22.8. The highest BCUT2D eigenvalue weighted by Crippen LogP contribution is 2.35. The van der Waals surface area contributed by atoms with E-state index in [1.807, 2.05) is 30.3 Å². The number of tetrazole rings is 1. The molecule has 1 aliphatic carbocycles. The minimum Gasteiger partial charge on any atom is -0.450 e. The van der Waals surface area contributed by atoms with Crippen molar-refractivity contribution in [3.8, 4) is 22.5 Å². The first-order valence-corrected chi connectivity index (χ1v) is 14.0. The van der Waals surface area contributed by atoms with Crippen molar-refractivity contribution in [1.29, 1.82) is 0 Å². The van der Waals surface area contributed by atoms with Gasteiger partial charge in [0, 0.05) is 18.5 Å². The van der Waals surface area contributed by atoms with Crippen LogP contribution in [0.2, 0.25) is 0 Å². The summed E-state index contributed by atoms with van der Waals surface area (Å²) in [5.74, 6) is 0.657. The Morgan fingerprint density at radius 1 is 1.00 bits per heavy atom. The number of carboxylic acid groups (broad SMARTS) is 1. The molecule has 1 heterocycles. The van der Waals surface area contributed by atoms with Crippen LogP contribution in [0, 0.1) is 0 Å². The third-order valence-electron chi connectivity index (χ3n) is 7.76. The molecule has 1 amide bonds. The second-order valence-electron chi connectivity index (χ2n) is 10.7. The molecular formula is C31H35N5O4. The lowest BCUT2D eigenvalue weighted by atomic mass is 9.96. The van der Waals surface area contributed by atoms with Crippen molar-refractivity contribution in [2.45, 2.75) is 70.4 Å². The largest absolute Gasteiger partial charge is 0.506 e. The molecule has 0 bridgehead atoms. The summed E-state index contributed by atoms with van der Waals surface area (Å²) in [6.45, 7) is 2.81. The van der Waals surface area contributed by atoms with E-state index >= 15 is 0 Å². The molecule has 5 rings (SSSR count). The highest BCUT2D eigenvalue weighted by molar-refractivity contribution is 5.90. The number of fused-ring (bicyclic) bond motifs is 1. The maximum atomic E-state index is 13.3. The van der Waals surface area contributed by atoms with Crippen LogP contribution in [0.25, 0.3) is 33.3 Å². The number of rotatable bonds is 11. The Hall–Kier alpha value is -4.27. The molecule has 0 aliphatic heterocycles. The third kappa shape index (κ3) is 6.30. The number of unbranched alkanes of at least 4 members (excludes halogenated alkanes) is 2. The Morgan fingerprint density at radius 3 is 2.48 bits per heavy atom. The Kier molecular flexibility index (Phi) is 8.38. The molecule has 2 N–H and O–H groups in total. The van der Waals surface area contributed by atoms with E-state index in [2.05, 4.69) is 57.9 Å². The standard InChI is InChI=1S/C31H35N5O4/c1-2-3-4-11-28(37)36(21-31(40-30(38)39)16-7-8-17-31)20-22-12-13-24-19-25(15-14-23(24)18-22)26-9-5-6-10-27(26)29-32-34-35-33-29/h5-6,9-10,12-15,18-19H,2-4,7-8,11,16-17,20-21H2,1H3,(H,38,39)(H,32,33,34,35). The van der Waals surface area contributed by atoms with E-state index in [4.69, 9.17) is 4.74 Å². The highest BCUT2D eigenvalue weighted by Gasteiger charge is 2.40. The van der Waals surface area contributed by atoms with Gasteiger partial charge in [-0.2, -0.15) is 0 Å². The number of hydrogen-bond acceptors (Lipinski definition) is 6. The molecule has 208 valence electrons. The van der Waals surface area contributed by atoms with Gasteiger partial charge in [-0.3, -0.25) is 4.79 Å². The molecule has 1 fully saturated rings. The van der Waals surface area contributed by atoms with E-state index in [-0.39, 0.29) is 12.5 Å². The van der Waals surface area contributed by atoms with Crippen LogP contribution in [0.5, 0.6) is 0 Å². The van der Waals surface area contributed by atoms with Gasteiger partial charge in [0.15, 0.2) is 5.82 Å². The van der Waals surface area contributed by atoms with E-state index in [1.165, 1.54) is 0 Å². The zero-order chi connectivity index (χ0) is 28.0. The second kappa shape index (κ2) is 12.3. The minimum atomic E-state index is -1.28. The van der Waals surface area contributed by atoms with Gasteiger partial charge < -0.3 is 14.7 Å². The number of ether oxygens (including phenoxy) is 1. The lowest BCUT2D eigenvalue weighted by Crippen LogP contribution is -2.46. The predicted molar refractivity (Wildman–Crippen MR) is 152 cm³/mol. The number of aromatic amines is 1. The van der Waals surface area contributed by atoms with Crippen LogP contribution < -0.4 is 0 Å². The third-order valence-corrected chi connectivity index (χ3v) is 7.76. The van der Waals surface area contributed by atoms with Gasteiger partial charge in [0.25, 0.3) is 0 Å². The first kappa shape index (κ1) is 27.3. The average molecular weight is 542 g/mol. The molecule has 0 spiro atoms. The van der Waals surface area contributed by atoms with E-state index in [9.17, 15) is 14.7 Å². The maximum absolute atomic E-state index is 13.3. The van der Waals surface area contributed by atoms with E-state index in [0.717, 1.165) is 65.1 Å². The van der Waals surface area contributed by atoms with Crippen LogP contribution in [-0.4, -0.2) is 54.8 Å². The summed E-state index contributed by atoms with van der Waals surface area (Å²) in [5.41, 5.74) is 3.17. The van der Waals surface area contributed by atoms with Gasteiger partial charge in [-0.25, -0.2) is 9.89 Å². The average Bonchev–Trinajstić information content (AvgIpc) is 3.65. The van der Waals surface area contributed by atoms with Crippen LogP contribution in [0.3, 0.4) is 0 Å². The van der Waals surface area contributed by atoms with Gasteiger partial charge in [-0.1, -0.05) is 68.3 Å². The fourth-order valence-electron chi connectivity index (χ4n) is 5.76. The van der Waals surface area contributed by atoms with Crippen LogP contribution in [0.4, 0.5) is 4.79 Å². The quantitative estimate of drug-likeness (QED) is 0.162. The number of carbonyl (C=O) groups is 2. The normalized spacial score (nSPS) is 14.3. The van der Waals surface area contributed by atoms with Crippen molar-refractivity contribution >= 4 is 22.8 Å². The summed E-state index contributed by atoms with van der Waals surface area (Å²) in [5, 5.41) is 25.9. The summed E-state index contributed by atoms with van der Waals surface area (Å²) in [7, 11) is 0. The van der Waals surface area contributed by atoms with Gasteiger partial charge in [0.1, 0.15) is 5.60 Å². The molecule has 9 heteroatoms. The van der Waals surface area contributed by atoms with Gasteiger partial charge in [-0.05, 0) is 82.1 Å². The van der Waals surface area contributed by atoms with E-state index < -0.39 is 11.8 Å². The summed E-state index contributed by atoms with van der Waals surface area (Å²) >= 11 is 0. The smallest absolute Gasteiger partial charge is 0.450 e. The highest BCUT2D eigenvalue weighted by atomic mass is 16.7. The number of carbonyl (C=O) groups excluding carboxylic acids is 1. The van der Waals surface area contributed by atoms with Crippen LogP contribution in [0.15, 0.2) is 60.7 Å². The molecule has 0 unspecified atom stereocenters. The molecule has 4 aromatic rings. The molecule has 1 aromatic heterocycles. The molecule has 1 saturated carbocycles. The van der Waals surface area contributed by atoms with Gasteiger partial charge >= 0.3 is 6.16 Å². The maximum Gasteiger partial charge on any atom is 0.506 e. The number of benzene rings is 3. The van der Waals surface area contributed by atoms with Crippen molar-refractivity contribution in [1.82, 2.24) is 25.5 Å². The lowest BCUT2D eigenvalue weighted by Gasteiger charge is -2.34. The topological polar surface area (TPSA) is 121 Å². The predicted octanol–water partition coefficient (Wildman–Crippen LogP) is 6.60. The number of hydrogen-bond donors (Lipinski definition) is 2. The van der Waals surface area contributed by atoms with Gasteiger partial charge in [-0.15, -0.1) is 5.10 Å². The second-order valence-corrected chi connectivity index (χ2v) is 10.7. The van der Waals surface area contributed by atoms with Crippen LogP contribution in [-0.2, 0) is 16.1 Å². The molecule has 0 saturated heterocycles. The van der Waals surface area contributed by atoms with Crippen LogP contribution in [0.1, 0.15) is 63.9 Å². The summed E-state index contributed by atoms with van der Waals surface area (Å²) in [6, 6.07) is 20.5. The van der Waals surface area contributed by atoms with Gasteiger partial charge in [0.05, 0.1) is 6.54 Å². The molecule has 0 radical (unpaired) electrons. The van der Waals surface area contributed by atoms with E-state index in [0.29, 0.717) is 31.6 Å². The monoisotopic (exact) mass is 541 g/mol. The van der Waals surface area contributed by atoms with Crippen molar-refractivity contribution < 1.29 is 19.4 Å². The summed E-state index contributed by atoms with van der Waals surface area (Å²) < 4.78 is 5.41. The minimum absolute atomic E-state index is 0.0441. The molecule has 9 nitrogen and oxygen atoms in total. The fourth-order valence-corrected chi connectivity index (χ4v) is 5.76. The van der Waals surface area contributed by atoms with Crippen molar-refractivity contribution in [2.75, 3.05) is 6.54 Å². The fraction of sp³-hybridized carbons (Fsp3) is 0.387. The number of amides is 1. The SMILES string of the molecule is CCCCCC(=O)N(Cc1ccc2cc(-c3ccccc3-c3nnn[nH]3)ccc2c1)CC1(OC(=O)O)CCCC1. The van der Waals surface area contributed by atoms with Gasteiger partial charge in [0.2, 0.25) is 5.91 Å². The van der Waals surface area contributed by atoms with Crippen molar-refractivity contribution in [2.24, 2.45) is 0 Å². The Morgan fingerprint density at radius 2 is 1.75 bits per heavy atom. The Labute approximate surface area is 233 Å². The Balaban J connectivity index is 1.40. The molecule has 0 atom stereocenters. The zero-order valence-corrected chi connectivity index (χ0v) is 22.8.